The van der Waals surface area contributed by atoms with Gasteiger partial charge in [-0.3, -0.25) is 28.6 Å². The molecule has 29 nitrogen and oxygen atoms in total. The lowest BCUT2D eigenvalue weighted by Gasteiger charge is -2.43. The number of carbonyl (C=O) groups is 3. The molecular formula is C82H146BBr5FO29. The summed E-state index contributed by atoms with van der Waals surface area (Å²) >= 11 is 16.5. The number of rotatable bonds is 26. The molecule has 38 atom stereocenters. The second kappa shape index (κ2) is 53.8. The zero-order valence-electron chi connectivity index (χ0n) is 74.1. The third-order valence-electron chi connectivity index (χ3n) is 24.5. The molecule has 17 unspecified atom stereocenters. The van der Waals surface area contributed by atoms with Crippen molar-refractivity contribution in [3.05, 3.63) is 0 Å². The van der Waals surface area contributed by atoms with Crippen LogP contribution in [0.5, 0.6) is 0 Å². The van der Waals surface area contributed by atoms with Crippen LogP contribution in [0.15, 0.2) is 0 Å². The summed E-state index contributed by atoms with van der Waals surface area (Å²) in [7, 11) is 0.485. The number of fused-ring (bicyclic) bond motifs is 3. The van der Waals surface area contributed by atoms with Gasteiger partial charge in [0, 0.05) is 80.0 Å². The van der Waals surface area contributed by atoms with E-state index >= 15 is 0 Å². The normalized spacial score (nSPS) is 43.5. The van der Waals surface area contributed by atoms with Crippen molar-refractivity contribution in [2.75, 3.05) is 66.3 Å². The first-order chi connectivity index (χ1) is 55.6. The van der Waals surface area contributed by atoms with Gasteiger partial charge in [-0.25, -0.2) is 0 Å². The van der Waals surface area contributed by atoms with Crippen LogP contribution in [0.4, 0.5) is 4.32 Å². The average Bonchev–Trinajstić information content (AvgIpc) is 1.62. The molecule has 0 aromatic heterocycles. The molecule has 0 bridgehead atoms. The minimum atomic E-state index is -1.33. The average molecular weight is 2030 g/mol. The highest BCUT2D eigenvalue weighted by Gasteiger charge is 2.58. The molecule has 10 rings (SSSR count). The van der Waals surface area contributed by atoms with E-state index in [1.54, 1.807) is 6.92 Å². The van der Waals surface area contributed by atoms with E-state index in [4.69, 9.17) is 105 Å². The topological polar surface area (TPSA) is 346 Å². The highest BCUT2D eigenvalue weighted by Crippen LogP contribution is 2.46. The second-order valence-electron chi connectivity index (χ2n) is 32.6. The smallest absolute Gasteiger partial charge is 0.389 e. The van der Waals surface area contributed by atoms with Gasteiger partial charge in [0.25, 0.3) is 17.9 Å². The Kier molecular flexibility index (Phi) is 50.2. The molecule has 10 saturated heterocycles. The number of aliphatic hydroxyl groups is 5. The van der Waals surface area contributed by atoms with Gasteiger partial charge in [-0.15, -0.1) is 0 Å². The van der Waals surface area contributed by atoms with Crippen molar-refractivity contribution in [2.45, 2.75) is 364 Å². The van der Waals surface area contributed by atoms with E-state index in [2.05, 4.69) is 170 Å². The molecule has 10 fully saturated rings. The van der Waals surface area contributed by atoms with Crippen LogP contribution in [0, 0.1) is 71.0 Å². The molecule has 693 valence electrons. The van der Waals surface area contributed by atoms with Crippen molar-refractivity contribution >= 4 is 105 Å². The van der Waals surface area contributed by atoms with Gasteiger partial charge in [0.05, 0.1) is 76.3 Å². The van der Waals surface area contributed by atoms with Crippen LogP contribution in [0.2, 0.25) is 0 Å². The SMILES string of the molecule is CC1(OCCBr)OC2[C@@H](OC(CO)[C@@H](O)[C@@H]2O)O1.CCC1O[C@H](OC(C)=O)C(OC(C)=O)[C@@H](C)[C@@H]1C.CCC1O[C@H](OCCBr)C(O)[C@@H](C)[C@@H]1C.CCC1O[C@H](OCCBr)C(O)[C@@H](C)[C@@H]1C.CCC1O[C@H]([B]F)C(OC(C)=O)[C@@H](C)[C@@H]1C.CCC1O[C@H]2OC(C)(OCCBr)OC2[C@@H](C)[C@@H]1C.CCC1O[C@H]2OC(C)(OCCBr)OC2[C@@H](C)[C@@H]1C. The van der Waals surface area contributed by atoms with Crippen molar-refractivity contribution in [1.82, 2.24) is 0 Å². The number of halogens is 6. The van der Waals surface area contributed by atoms with Gasteiger partial charge in [0.2, 0.25) is 6.29 Å². The fraction of sp³-hybridized carbons (Fsp3) is 0.963. The summed E-state index contributed by atoms with van der Waals surface area (Å²) in [5.41, 5.74) is 0. The summed E-state index contributed by atoms with van der Waals surface area (Å²) in [5, 5.41) is 52.3. The summed E-state index contributed by atoms with van der Waals surface area (Å²) in [5.74, 6) is -0.849. The lowest BCUT2D eigenvalue weighted by atomic mass is 9.73. The monoisotopic (exact) mass is 2020 g/mol. The van der Waals surface area contributed by atoms with E-state index in [0.717, 1.165) is 59.8 Å². The van der Waals surface area contributed by atoms with Crippen LogP contribution in [0.25, 0.3) is 0 Å². The Labute approximate surface area is 745 Å². The van der Waals surface area contributed by atoms with Crippen molar-refractivity contribution in [2.24, 2.45) is 71.0 Å². The van der Waals surface area contributed by atoms with Gasteiger partial charge >= 0.3 is 25.5 Å². The van der Waals surface area contributed by atoms with Crippen LogP contribution < -0.4 is 0 Å². The van der Waals surface area contributed by atoms with Gasteiger partial charge < -0.3 is 115 Å². The van der Waals surface area contributed by atoms with E-state index in [1.807, 2.05) is 48.5 Å². The maximum atomic E-state index is 12.7. The van der Waals surface area contributed by atoms with Gasteiger partial charge in [-0.1, -0.05) is 204 Å². The van der Waals surface area contributed by atoms with Gasteiger partial charge in [0.15, 0.2) is 37.6 Å². The van der Waals surface area contributed by atoms with E-state index in [-0.39, 0.29) is 96.9 Å². The summed E-state index contributed by atoms with van der Waals surface area (Å²) in [4.78, 5) is 33.2. The first-order valence-corrected chi connectivity index (χ1v) is 48.1. The number of esters is 3. The molecule has 0 aliphatic carbocycles. The minimum Gasteiger partial charge on any atom is -0.460 e. The van der Waals surface area contributed by atoms with E-state index in [1.165, 1.54) is 20.8 Å². The fourth-order valence-corrected chi connectivity index (χ4v) is 17.1. The van der Waals surface area contributed by atoms with Crippen LogP contribution in [-0.4, -0.2) is 277 Å². The molecule has 118 heavy (non-hydrogen) atoms. The molecule has 5 N–H and O–H groups in total. The molecule has 0 aromatic rings. The van der Waals surface area contributed by atoms with Crippen LogP contribution in [0.1, 0.15) is 205 Å². The molecule has 0 aromatic carbocycles. The summed E-state index contributed by atoms with van der Waals surface area (Å²) in [6.45, 7) is 49.2. The number of alkyl halides is 5. The second-order valence-corrected chi connectivity index (χ2v) is 36.6. The third-order valence-corrected chi connectivity index (χ3v) is 26.2. The maximum absolute atomic E-state index is 12.7. The van der Waals surface area contributed by atoms with Crippen molar-refractivity contribution < 1.29 is 144 Å². The number of aliphatic hydroxyl groups excluding tert-OH is 5. The van der Waals surface area contributed by atoms with Crippen LogP contribution >= 0.6 is 79.6 Å². The van der Waals surface area contributed by atoms with Gasteiger partial charge in [-0.05, 0) is 97.7 Å². The van der Waals surface area contributed by atoms with Crippen molar-refractivity contribution in [3.63, 3.8) is 0 Å². The molecule has 0 spiro atoms. The molecular weight excluding hydrogens is 1880 g/mol. The Balaban J connectivity index is 0.000000290. The van der Waals surface area contributed by atoms with E-state index in [0.29, 0.717) is 81.4 Å². The molecule has 1 radical (unpaired) electrons. The predicted molar refractivity (Wildman–Crippen MR) is 455 cm³/mol. The third kappa shape index (κ3) is 31.3. The van der Waals surface area contributed by atoms with Gasteiger partial charge in [0.1, 0.15) is 60.9 Å². The first-order valence-electron chi connectivity index (χ1n) is 42.5. The first kappa shape index (κ1) is 110. The lowest BCUT2D eigenvalue weighted by molar-refractivity contribution is -0.342. The number of ether oxygens (including phenoxy) is 21. The Morgan fingerprint density at radius 2 is 0.636 bits per heavy atom. The Bertz CT molecular complexity index is 2640. The maximum Gasteiger partial charge on any atom is 0.389 e. The minimum absolute atomic E-state index is 0.0103. The summed E-state index contributed by atoms with van der Waals surface area (Å²) < 4.78 is 130. The molecule has 10 heterocycles. The summed E-state index contributed by atoms with van der Waals surface area (Å²) in [6, 6.07) is -0.736. The molecule has 36 heteroatoms. The van der Waals surface area contributed by atoms with E-state index in [9.17, 15) is 39.1 Å². The Morgan fingerprint density at radius 3 is 0.966 bits per heavy atom. The Hall–Kier alpha value is -0.115. The lowest BCUT2D eigenvalue weighted by Crippen LogP contribution is -2.57. The number of carbonyl (C=O) groups excluding carboxylic acids is 3. The zero-order chi connectivity index (χ0) is 89.0. The molecule has 10 aliphatic rings. The Morgan fingerprint density at radius 1 is 0.347 bits per heavy atom. The zero-order valence-corrected chi connectivity index (χ0v) is 82.0. The molecule has 0 saturated carbocycles. The number of hydrogen-bond acceptors (Lipinski definition) is 29. The van der Waals surface area contributed by atoms with Gasteiger partial charge in [-0.2, -0.15) is 0 Å². The van der Waals surface area contributed by atoms with Crippen LogP contribution in [-0.2, 0) is 114 Å². The van der Waals surface area contributed by atoms with Crippen LogP contribution in [0.3, 0.4) is 0 Å². The fourth-order valence-electron chi connectivity index (χ4n) is 16.3. The quantitative estimate of drug-likeness (QED) is 0.0232. The highest BCUT2D eigenvalue weighted by atomic mass is 79.9. The molecule has 10 aliphatic heterocycles. The molecule has 0 amide bonds. The van der Waals surface area contributed by atoms with Crippen molar-refractivity contribution in [3.8, 4) is 0 Å². The number of hydrogen-bond donors (Lipinski definition) is 5. The van der Waals surface area contributed by atoms with Crippen molar-refractivity contribution in [1.29, 1.82) is 0 Å². The summed E-state index contributed by atoms with van der Waals surface area (Å²) in [6.07, 6.45) is -3.02. The van der Waals surface area contributed by atoms with E-state index < -0.39 is 122 Å². The standard InChI is InChI=1S/2C13H23BrO4.C13H22O5.C11H19BFO3.2C11H21BrO3.C10H17BrO7/c2*1-5-10-8(2)9(3)11-12(16-10)18-13(4,17-11)15-7-6-14;1-6-11-7(2)8(3)12(16-9(4)14)13(18-11)17-10(5)15;1-5-9-6(2)7(3)10(15-8(4)14)11(12-13)16-9;2*1-4-9-7(2)8(3)10(13)11(15-9)14-6-5-12;1-10(15-3-2-11)17-8-7(14)6(13)5(4-12)16-9(8)18-10/h2*8-12H,5-7H2,1-4H3;7-8,11-13H,6H2,1-5H3;6-7,9-11H,5H2,1-4H3;2*7-11,13H,4-6H2,1-3H3;5-9,12-14H,2-4H2,1H3/t2*8-,9-,10?,11?,12-,13?;7-,8-,11?,12?,13-;6-,7-,9?,10?,11-;2*7-,8-,9?,10?,11-;5?,6-,7+,8?,9+,10?/m0000001/s1. The predicted octanol–water partition coefficient (Wildman–Crippen LogP) is 12.8. The largest absolute Gasteiger partial charge is 0.460 e. The highest BCUT2D eigenvalue weighted by molar-refractivity contribution is 9.09.